The normalized spacial score (nSPS) is 25.0. The van der Waals surface area contributed by atoms with Crippen molar-refractivity contribution in [1.82, 2.24) is 4.98 Å². The smallest absolute Gasteiger partial charge is 0.119 e. The molecular weight excluding hydrogens is 358 g/mol. The van der Waals surface area contributed by atoms with E-state index in [4.69, 9.17) is 9.47 Å². The van der Waals surface area contributed by atoms with Crippen LogP contribution in [0.3, 0.4) is 0 Å². The van der Waals surface area contributed by atoms with Crippen LogP contribution < -0.4 is 4.74 Å². The maximum atomic E-state index is 10.2. The Kier molecular flexibility index (Phi) is 5.54. The van der Waals surface area contributed by atoms with Gasteiger partial charge < -0.3 is 24.8 Å². The van der Waals surface area contributed by atoms with E-state index in [1.165, 1.54) is 0 Å². The van der Waals surface area contributed by atoms with Crippen molar-refractivity contribution in [3.8, 4) is 5.75 Å². The van der Waals surface area contributed by atoms with Crippen LogP contribution in [0.4, 0.5) is 0 Å². The number of ether oxygens (including phenoxy) is 2. The quantitative estimate of drug-likeness (QED) is 0.628. The van der Waals surface area contributed by atoms with Gasteiger partial charge in [-0.25, -0.2) is 0 Å². The molecule has 0 radical (unpaired) electrons. The van der Waals surface area contributed by atoms with Crippen molar-refractivity contribution in [1.29, 1.82) is 0 Å². The second-order valence-corrected chi connectivity index (χ2v) is 7.00. The Morgan fingerprint density at radius 1 is 1.04 bits per heavy atom. The SMILES string of the molecule is OCC1CC(O)C(O)C(c2ccc(OCc3cccc4cccnc34)cc2)O1. The van der Waals surface area contributed by atoms with Crippen molar-refractivity contribution < 1.29 is 24.8 Å². The molecule has 3 aromatic rings. The summed E-state index contributed by atoms with van der Waals surface area (Å²) in [5, 5.41) is 30.6. The van der Waals surface area contributed by atoms with Gasteiger partial charge in [-0.15, -0.1) is 0 Å². The Balaban J connectivity index is 1.46. The predicted octanol–water partition coefficient (Wildman–Crippen LogP) is 2.36. The average Bonchev–Trinajstić information content (AvgIpc) is 2.74. The fourth-order valence-corrected chi connectivity index (χ4v) is 3.55. The molecular formula is C22H23NO5. The largest absolute Gasteiger partial charge is 0.489 e. The molecule has 2 aromatic carbocycles. The molecule has 0 bridgehead atoms. The number of pyridine rings is 1. The third-order valence-corrected chi connectivity index (χ3v) is 5.07. The van der Waals surface area contributed by atoms with E-state index < -0.39 is 24.4 Å². The summed E-state index contributed by atoms with van der Waals surface area (Å²) in [6.07, 6.45) is -1.14. The van der Waals surface area contributed by atoms with Gasteiger partial charge in [-0.1, -0.05) is 36.4 Å². The highest BCUT2D eigenvalue weighted by atomic mass is 16.5. The molecule has 4 unspecified atom stereocenters. The van der Waals surface area contributed by atoms with E-state index >= 15 is 0 Å². The van der Waals surface area contributed by atoms with E-state index in [0.29, 0.717) is 12.4 Å². The van der Waals surface area contributed by atoms with Gasteiger partial charge in [-0.05, 0) is 23.8 Å². The fourth-order valence-electron chi connectivity index (χ4n) is 3.55. The standard InChI is InChI=1S/C22H23NO5/c24-12-18-11-19(25)21(26)22(28-18)15-6-8-17(9-7-15)27-13-16-4-1-3-14-5-2-10-23-20(14)16/h1-10,18-19,21-22,24-26H,11-13H2. The van der Waals surface area contributed by atoms with Gasteiger partial charge in [0.15, 0.2) is 0 Å². The van der Waals surface area contributed by atoms with Gasteiger partial charge in [-0.3, -0.25) is 4.98 Å². The maximum Gasteiger partial charge on any atom is 0.119 e. The molecule has 0 amide bonds. The number of nitrogens with zero attached hydrogens (tertiary/aromatic N) is 1. The fraction of sp³-hybridized carbons (Fsp3) is 0.318. The molecule has 6 heteroatoms. The van der Waals surface area contributed by atoms with Crippen LogP contribution in [0, 0.1) is 0 Å². The molecule has 0 aliphatic carbocycles. The van der Waals surface area contributed by atoms with Crippen LogP contribution in [0.2, 0.25) is 0 Å². The third-order valence-electron chi connectivity index (χ3n) is 5.07. The summed E-state index contributed by atoms with van der Waals surface area (Å²) in [6.45, 7) is 0.197. The highest BCUT2D eigenvalue weighted by Crippen LogP contribution is 2.32. The van der Waals surface area contributed by atoms with Crippen molar-refractivity contribution in [3.05, 3.63) is 71.9 Å². The summed E-state index contributed by atoms with van der Waals surface area (Å²) >= 11 is 0. The van der Waals surface area contributed by atoms with Crippen LogP contribution in [0.5, 0.6) is 5.75 Å². The first-order valence-corrected chi connectivity index (χ1v) is 9.33. The van der Waals surface area contributed by atoms with Gasteiger partial charge in [0.05, 0.1) is 24.3 Å². The molecule has 0 saturated carbocycles. The number of fused-ring (bicyclic) bond motifs is 1. The van der Waals surface area contributed by atoms with E-state index in [1.807, 2.05) is 30.3 Å². The molecule has 1 aromatic heterocycles. The zero-order valence-corrected chi connectivity index (χ0v) is 15.3. The minimum absolute atomic E-state index is 0.194. The first kappa shape index (κ1) is 18.8. The minimum atomic E-state index is -1.03. The summed E-state index contributed by atoms with van der Waals surface area (Å²) in [7, 11) is 0. The molecule has 4 atom stereocenters. The number of hydrogen-bond acceptors (Lipinski definition) is 6. The van der Waals surface area contributed by atoms with Gasteiger partial charge in [0.2, 0.25) is 0 Å². The molecule has 2 heterocycles. The number of aromatic nitrogens is 1. The Hall–Kier alpha value is -2.51. The molecule has 146 valence electrons. The number of para-hydroxylation sites is 1. The number of benzene rings is 2. The van der Waals surface area contributed by atoms with Crippen LogP contribution in [-0.2, 0) is 11.3 Å². The number of hydrogen-bond donors (Lipinski definition) is 3. The van der Waals surface area contributed by atoms with Crippen molar-refractivity contribution in [2.45, 2.75) is 37.4 Å². The lowest BCUT2D eigenvalue weighted by molar-refractivity contribution is -0.179. The van der Waals surface area contributed by atoms with Crippen LogP contribution in [0.1, 0.15) is 23.7 Å². The van der Waals surface area contributed by atoms with Gasteiger partial charge in [0.1, 0.15) is 24.6 Å². The number of aliphatic hydroxyl groups excluding tert-OH is 3. The summed E-state index contributed by atoms with van der Waals surface area (Å²) < 4.78 is 11.6. The third kappa shape index (κ3) is 3.86. The molecule has 1 aliphatic rings. The Labute approximate surface area is 163 Å². The van der Waals surface area contributed by atoms with Crippen LogP contribution >= 0.6 is 0 Å². The lowest BCUT2D eigenvalue weighted by Gasteiger charge is -2.36. The lowest BCUT2D eigenvalue weighted by Crippen LogP contribution is -2.44. The highest BCUT2D eigenvalue weighted by molar-refractivity contribution is 5.81. The predicted molar refractivity (Wildman–Crippen MR) is 104 cm³/mol. The number of aliphatic hydroxyl groups is 3. The van der Waals surface area contributed by atoms with Crippen LogP contribution in [-0.4, -0.2) is 45.2 Å². The van der Waals surface area contributed by atoms with Gasteiger partial charge in [0, 0.05) is 23.6 Å². The molecule has 28 heavy (non-hydrogen) atoms. The Morgan fingerprint density at radius 3 is 2.61 bits per heavy atom. The maximum absolute atomic E-state index is 10.2. The zero-order valence-electron chi connectivity index (χ0n) is 15.3. The summed E-state index contributed by atoms with van der Waals surface area (Å²) in [4.78, 5) is 4.43. The highest BCUT2D eigenvalue weighted by Gasteiger charge is 2.37. The minimum Gasteiger partial charge on any atom is -0.489 e. The lowest BCUT2D eigenvalue weighted by atomic mass is 9.93. The Morgan fingerprint density at radius 2 is 1.82 bits per heavy atom. The molecule has 0 spiro atoms. The molecule has 3 N–H and O–H groups in total. The van der Waals surface area contributed by atoms with E-state index in [1.54, 1.807) is 30.5 Å². The van der Waals surface area contributed by atoms with E-state index in [2.05, 4.69) is 4.98 Å². The summed E-state index contributed by atoms with van der Waals surface area (Å²) in [5.74, 6) is 0.682. The van der Waals surface area contributed by atoms with E-state index in [-0.39, 0.29) is 13.0 Å². The van der Waals surface area contributed by atoms with Gasteiger partial charge >= 0.3 is 0 Å². The van der Waals surface area contributed by atoms with Crippen molar-refractivity contribution in [2.24, 2.45) is 0 Å². The molecule has 6 nitrogen and oxygen atoms in total. The van der Waals surface area contributed by atoms with Gasteiger partial charge in [0.25, 0.3) is 0 Å². The Bertz CT molecular complexity index is 924. The molecule has 1 saturated heterocycles. The average molecular weight is 381 g/mol. The first-order valence-electron chi connectivity index (χ1n) is 9.33. The molecule has 1 fully saturated rings. The van der Waals surface area contributed by atoms with E-state index in [9.17, 15) is 15.3 Å². The van der Waals surface area contributed by atoms with Crippen molar-refractivity contribution in [2.75, 3.05) is 6.61 Å². The van der Waals surface area contributed by atoms with E-state index in [0.717, 1.165) is 22.0 Å². The van der Waals surface area contributed by atoms with Crippen LogP contribution in [0.25, 0.3) is 10.9 Å². The second kappa shape index (κ2) is 8.24. The molecule has 1 aliphatic heterocycles. The number of rotatable bonds is 5. The monoisotopic (exact) mass is 381 g/mol. The first-order chi connectivity index (χ1) is 13.7. The van der Waals surface area contributed by atoms with Crippen molar-refractivity contribution in [3.63, 3.8) is 0 Å². The molecule has 4 rings (SSSR count). The summed E-state index contributed by atoms with van der Waals surface area (Å²) in [5.41, 5.74) is 2.65. The van der Waals surface area contributed by atoms with Gasteiger partial charge in [-0.2, -0.15) is 0 Å². The zero-order chi connectivity index (χ0) is 19.5. The summed E-state index contributed by atoms with van der Waals surface area (Å²) in [6, 6.07) is 17.1. The topological polar surface area (TPSA) is 92.0 Å². The second-order valence-electron chi connectivity index (χ2n) is 7.00. The van der Waals surface area contributed by atoms with Crippen molar-refractivity contribution >= 4 is 10.9 Å². The van der Waals surface area contributed by atoms with Crippen LogP contribution in [0.15, 0.2) is 60.8 Å².